The number of rotatable bonds is 5. The molecule has 2 aromatic carbocycles. The zero-order valence-corrected chi connectivity index (χ0v) is 13.8. The molecule has 1 saturated heterocycles. The van der Waals surface area contributed by atoms with Gasteiger partial charge in [0.05, 0.1) is 4.92 Å². The van der Waals surface area contributed by atoms with Gasteiger partial charge in [-0.15, -0.1) is 0 Å². The molecule has 2 aromatic rings. The number of ether oxygens (including phenoxy) is 1. The number of carbonyl (C=O) groups is 1. The topological polar surface area (TPSA) is 72.7 Å². The first kappa shape index (κ1) is 17.0. The van der Waals surface area contributed by atoms with Gasteiger partial charge in [0.25, 0.3) is 11.6 Å². The Labute approximate surface area is 146 Å². The molecule has 1 heterocycles. The number of non-ortho nitro benzene ring substituents is 1. The number of benzene rings is 2. The van der Waals surface area contributed by atoms with Gasteiger partial charge in [-0.05, 0) is 31.4 Å². The Morgan fingerprint density at radius 3 is 2.24 bits per heavy atom. The van der Waals surface area contributed by atoms with E-state index in [0.29, 0.717) is 5.75 Å². The average Bonchev–Trinajstić information content (AvgIpc) is 2.67. The minimum Gasteiger partial charge on any atom is -0.476 e. The van der Waals surface area contributed by atoms with Gasteiger partial charge in [-0.2, -0.15) is 0 Å². The van der Waals surface area contributed by atoms with E-state index >= 15 is 0 Å². The van der Waals surface area contributed by atoms with Gasteiger partial charge in [0.15, 0.2) is 0 Å². The first-order valence-electron chi connectivity index (χ1n) is 8.40. The van der Waals surface area contributed by atoms with E-state index in [2.05, 4.69) is 0 Å². The van der Waals surface area contributed by atoms with Crippen LogP contribution in [0.25, 0.3) is 0 Å². The van der Waals surface area contributed by atoms with Crippen molar-refractivity contribution in [2.45, 2.75) is 25.4 Å². The van der Waals surface area contributed by atoms with Gasteiger partial charge >= 0.3 is 0 Å². The highest BCUT2D eigenvalue weighted by Crippen LogP contribution is 2.27. The van der Waals surface area contributed by atoms with Gasteiger partial charge < -0.3 is 9.64 Å². The molecule has 1 fully saturated rings. The van der Waals surface area contributed by atoms with Gasteiger partial charge in [0.2, 0.25) is 6.10 Å². The smallest absolute Gasteiger partial charge is 0.269 e. The zero-order valence-electron chi connectivity index (χ0n) is 13.8. The molecule has 0 spiro atoms. The van der Waals surface area contributed by atoms with E-state index in [-0.39, 0.29) is 11.6 Å². The van der Waals surface area contributed by atoms with E-state index in [1.807, 2.05) is 35.2 Å². The lowest BCUT2D eigenvalue weighted by Gasteiger charge is -2.30. The molecule has 6 nitrogen and oxygen atoms in total. The molecule has 0 bridgehead atoms. The van der Waals surface area contributed by atoms with Crippen molar-refractivity contribution in [3.8, 4) is 5.75 Å². The number of piperidine rings is 1. The maximum Gasteiger partial charge on any atom is 0.269 e. The number of hydrogen-bond donors (Lipinski definition) is 0. The summed E-state index contributed by atoms with van der Waals surface area (Å²) in [4.78, 5) is 25.1. The molecule has 0 saturated carbocycles. The van der Waals surface area contributed by atoms with E-state index < -0.39 is 11.0 Å². The molecule has 1 amide bonds. The van der Waals surface area contributed by atoms with Crippen molar-refractivity contribution in [1.29, 1.82) is 0 Å². The van der Waals surface area contributed by atoms with Crippen molar-refractivity contribution < 1.29 is 14.5 Å². The maximum atomic E-state index is 13.0. The second-order valence-corrected chi connectivity index (χ2v) is 6.05. The Morgan fingerprint density at radius 2 is 1.64 bits per heavy atom. The van der Waals surface area contributed by atoms with Crippen LogP contribution in [0.2, 0.25) is 0 Å². The number of carbonyl (C=O) groups excluding carboxylic acids is 1. The summed E-state index contributed by atoms with van der Waals surface area (Å²) in [5.41, 5.74) is 0.766. The third-order valence-corrected chi connectivity index (χ3v) is 4.30. The highest BCUT2D eigenvalue weighted by molar-refractivity contribution is 5.82. The van der Waals surface area contributed by atoms with Crippen LogP contribution in [-0.2, 0) is 4.79 Å². The van der Waals surface area contributed by atoms with Crippen LogP contribution in [0.5, 0.6) is 5.75 Å². The van der Waals surface area contributed by atoms with Crippen LogP contribution in [0.1, 0.15) is 30.9 Å². The normalized spacial score (nSPS) is 15.4. The summed E-state index contributed by atoms with van der Waals surface area (Å²) in [5, 5.41) is 10.8. The summed E-state index contributed by atoms with van der Waals surface area (Å²) in [5.74, 6) is 0.370. The van der Waals surface area contributed by atoms with Crippen LogP contribution < -0.4 is 4.74 Å². The van der Waals surface area contributed by atoms with E-state index in [4.69, 9.17) is 4.74 Å². The molecular weight excluding hydrogens is 320 g/mol. The quantitative estimate of drug-likeness (QED) is 0.614. The van der Waals surface area contributed by atoms with Crippen molar-refractivity contribution >= 4 is 11.6 Å². The molecule has 25 heavy (non-hydrogen) atoms. The lowest BCUT2D eigenvalue weighted by atomic mass is 10.1. The van der Waals surface area contributed by atoms with Gasteiger partial charge in [0.1, 0.15) is 5.75 Å². The van der Waals surface area contributed by atoms with Crippen LogP contribution in [0.4, 0.5) is 5.69 Å². The minimum absolute atomic E-state index is 0.00836. The number of hydrogen-bond acceptors (Lipinski definition) is 4. The first-order valence-corrected chi connectivity index (χ1v) is 8.40. The summed E-state index contributed by atoms with van der Waals surface area (Å²) in [6.07, 6.45) is 2.40. The molecule has 1 aliphatic rings. The van der Waals surface area contributed by atoms with Crippen molar-refractivity contribution in [2.75, 3.05) is 13.1 Å². The lowest BCUT2D eigenvalue weighted by Crippen LogP contribution is -2.40. The Kier molecular flexibility index (Phi) is 5.28. The largest absolute Gasteiger partial charge is 0.476 e. The highest BCUT2D eigenvalue weighted by atomic mass is 16.6. The fourth-order valence-electron chi connectivity index (χ4n) is 2.95. The third kappa shape index (κ3) is 4.15. The average molecular weight is 340 g/mol. The Bertz CT molecular complexity index is 725. The highest BCUT2D eigenvalue weighted by Gasteiger charge is 2.28. The molecule has 0 aromatic heterocycles. The first-order chi connectivity index (χ1) is 12.1. The summed E-state index contributed by atoms with van der Waals surface area (Å²) < 4.78 is 5.94. The number of likely N-dealkylation sites (tertiary alicyclic amines) is 1. The van der Waals surface area contributed by atoms with Crippen molar-refractivity contribution in [1.82, 2.24) is 4.90 Å². The van der Waals surface area contributed by atoms with Crippen LogP contribution in [-0.4, -0.2) is 28.8 Å². The van der Waals surface area contributed by atoms with E-state index in [1.54, 1.807) is 0 Å². The summed E-state index contributed by atoms with van der Waals surface area (Å²) in [6.45, 7) is 1.48. The Hall–Kier alpha value is -2.89. The predicted molar refractivity (Wildman–Crippen MR) is 93.3 cm³/mol. The standard InChI is InChI=1S/C19H20N2O4/c22-19(20-13-5-2-6-14-20)18(15-7-3-1-4-8-15)25-17-11-9-16(10-12-17)21(23)24/h1,3-4,7-12,18H,2,5-6,13-14H2/t18-/m0/s1. The second-order valence-electron chi connectivity index (χ2n) is 6.05. The summed E-state index contributed by atoms with van der Waals surface area (Å²) in [7, 11) is 0. The SMILES string of the molecule is O=C([C@@H](Oc1ccc([N+](=O)[O-])cc1)c1ccccc1)N1CCCCC1. The molecule has 0 aliphatic carbocycles. The van der Waals surface area contributed by atoms with Gasteiger partial charge in [0, 0.05) is 30.8 Å². The van der Waals surface area contributed by atoms with Gasteiger partial charge in [-0.1, -0.05) is 30.3 Å². The monoisotopic (exact) mass is 340 g/mol. The number of nitro groups is 1. The summed E-state index contributed by atoms with van der Waals surface area (Å²) >= 11 is 0. The van der Waals surface area contributed by atoms with Crippen LogP contribution in [0.3, 0.4) is 0 Å². The van der Waals surface area contributed by atoms with E-state index in [9.17, 15) is 14.9 Å². The summed E-state index contributed by atoms with van der Waals surface area (Å²) in [6, 6.07) is 15.1. The number of amides is 1. The molecule has 0 radical (unpaired) electrons. The van der Waals surface area contributed by atoms with Gasteiger partial charge in [-0.25, -0.2) is 0 Å². The molecule has 0 N–H and O–H groups in total. The van der Waals surface area contributed by atoms with E-state index in [0.717, 1.165) is 37.9 Å². The van der Waals surface area contributed by atoms with Crippen LogP contribution >= 0.6 is 0 Å². The molecule has 130 valence electrons. The number of nitro benzene ring substituents is 1. The predicted octanol–water partition coefficient (Wildman–Crippen LogP) is 3.73. The third-order valence-electron chi connectivity index (χ3n) is 4.30. The second kappa shape index (κ2) is 7.79. The van der Waals surface area contributed by atoms with Gasteiger partial charge in [-0.3, -0.25) is 14.9 Å². The Morgan fingerprint density at radius 1 is 1.00 bits per heavy atom. The molecule has 1 atom stereocenters. The fraction of sp³-hybridized carbons (Fsp3) is 0.316. The molecule has 0 unspecified atom stereocenters. The molecule has 6 heteroatoms. The lowest BCUT2D eigenvalue weighted by molar-refractivity contribution is -0.384. The maximum absolute atomic E-state index is 13.0. The Balaban J connectivity index is 1.83. The van der Waals surface area contributed by atoms with Crippen molar-refractivity contribution in [2.24, 2.45) is 0 Å². The minimum atomic E-state index is -0.749. The molecule has 1 aliphatic heterocycles. The molecule has 3 rings (SSSR count). The van der Waals surface area contributed by atoms with Crippen LogP contribution in [0.15, 0.2) is 54.6 Å². The van der Waals surface area contributed by atoms with E-state index in [1.165, 1.54) is 24.3 Å². The van der Waals surface area contributed by atoms with Crippen molar-refractivity contribution in [3.63, 3.8) is 0 Å². The number of nitrogens with zero attached hydrogens (tertiary/aromatic N) is 2. The zero-order chi connectivity index (χ0) is 17.6. The fourth-order valence-corrected chi connectivity index (χ4v) is 2.95. The molecular formula is C19H20N2O4. The van der Waals surface area contributed by atoms with Crippen LogP contribution in [0, 0.1) is 10.1 Å². The van der Waals surface area contributed by atoms with Crippen molar-refractivity contribution in [3.05, 3.63) is 70.3 Å².